The van der Waals surface area contributed by atoms with E-state index in [2.05, 4.69) is 243 Å². The number of hydrogen-bond donors (Lipinski definition) is 0. The third-order valence-corrected chi connectivity index (χ3v) is 26.9. The van der Waals surface area contributed by atoms with Gasteiger partial charge in [-0.05, 0) is 165 Å². The first-order valence-electron chi connectivity index (χ1n) is 44.9. The Labute approximate surface area is 740 Å². The molecule has 7 atom stereocenters. The van der Waals surface area contributed by atoms with Gasteiger partial charge in [0, 0.05) is 146 Å². The molecule has 3 amide bonds. The van der Waals surface area contributed by atoms with Gasteiger partial charge < -0.3 is 73.0 Å². The molecular formula is C99H115N21O6. The number of piperazine rings is 3. The summed E-state index contributed by atoms with van der Waals surface area (Å²) in [6, 6.07) is 53.2. The number of hydrogen-bond acceptors (Lipinski definition) is 24. The number of aromatic nitrogens is 6. The van der Waals surface area contributed by atoms with Gasteiger partial charge in [0.15, 0.2) is 0 Å². The lowest BCUT2D eigenvalue weighted by atomic mass is 9.99. The summed E-state index contributed by atoms with van der Waals surface area (Å²) in [5.41, 5.74) is 9.92. The van der Waals surface area contributed by atoms with Crippen LogP contribution in [0.15, 0.2) is 153 Å². The van der Waals surface area contributed by atoms with Gasteiger partial charge in [0.05, 0.1) is 92.3 Å². The monoisotopic (exact) mass is 1690 g/mol. The number of nitriles is 3. The third kappa shape index (κ3) is 19.3. The molecule has 9 aliphatic rings. The van der Waals surface area contributed by atoms with Gasteiger partial charge in [0.2, 0.25) is 11.8 Å². The maximum absolute atomic E-state index is 12.7. The predicted octanol–water partition coefficient (Wildman–Crippen LogP) is 12.0. The van der Waals surface area contributed by atoms with E-state index >= 15 is 0 Å². The smallest absolute Gasteiger partial charge is 0.318 e. The van der Waals surface area contributed by atoms with Crippen molar-refractivity contribution in [1.82, 2.24) is 59.3 Å². The Bertz CT molecular complexity index is 5660. The number of amides is 3. The van der Waals surface area contributed by atoms with Crippen molar-refractivity contribution in [3.63, 3.8) is 0 Å². The van der Waals surface area contributed by atoms with Gasteiger partial charge in [0.25, 0.3) is 5.91 Å². The summed E-state index contributed by atoms with van der Waals surface area (Å²) >= 11 is 0. The summed E-state index contributed by atoms with van der Waals surface area (Å²) in [4.78, 5) is 94.1. The van der Waals surface area contributed by atoms with Crippen molar-refractivity contribution in [2.45, 2.75) is 159 Å². The summed E-state index contributed by atoms with van der Waals surface area (Å²) in [5.74, 6) is 7.47. The first kappa shape index (κ1) is 86.8. The fourth-order valence-electron chi connectivity index (χ4n) is 19.9. The van der Waals surface area contributed by atoms with Crippen LogP contribution in [0.5, 0.6) is 18.0 Å². The fraction of sp³-hybridized carbons (Fsp3) is 0.455. The number of likely N-dealkylation sites (N-methyl/N-ethyl adjacent to an activating group) is 3. The number of piperidine rings is 1. The van der Waals surface area contributed by atoms with Crippen molar-refractivity contribution in [2.75, 3.05) is 162 Å². The van der Waals surface area contributed by atoms with Crippen molar-refractivity contribution < 1.29 is 28.6 Å². The first-order chi connectivity index (χ1) is 61.6. The van der Waals surface area contributed by atoms with Crippen LogP contribution in [-0.4, -0.2) is 252 Å². The summed E-state index contributed by atoms with van der Waals surface area (Å²) in [7, 11) is 6.44. The van der Waals surface area contributed by atoms with Crippen LogP contribution in [0.25, 0.3) is 32.3 Å². The molecule has 3 aromatic heterocycles. The van der Waals surface area contributed by atoms with E-state index in [9.17, 15) is 30.2 Å². The van der Waals surface area contributed by atoms with Crippen molar-refractivity contribution in [1.29, 1.82) is 15.8 Å². The Morgan fingerprint density at radius 3 is 1.20 bits per heavy atom. The van der Waals surface area contributed by atoms with E-state index in [0.717, 1.165) is 129 Å². The van der Waals surface area contributed by atoms with Crippen LogP contribution in [0.3, 0.4) is 0 Å². The van der Waals surface area contributed by atoms with Crippen LogP contribution in [0.1, 0.15) is 112 Å². The van der Waals surface area contributed by atoms with E-state index in [1.165, 1.54) is 87.2 Å². The minimum atomic E-state index is -0.255. The van der Waals surface area contributed by atoms with Crippen LogP contribution in [0.2, 0.25) is 0 Å². The topological polar surface area (TPSA) is 266 Å². The van der Waals surface area contributed by atoms with Gasteiger partial charge in [-0.25, -0.2) is 0 Å². The largest absolute Gasteiger partial charge is 0.462 e. The summed E-state index contributed by atoms with van der Waals surface area (Å²) in [6.07, 6.45) is 13.9. The number of benzene rings is 6. The Hall–Kier alpha value is -12.7. The lowest BCUT2D eigenvalue weighted by Crippen LogP contribution is -2.59. The molecule has 9 aromatic rings. The number of fused-ring (bicyclic) bond motifs is 6. The molecule has 0 N–H and O–H groups in total. The molecule has 12 heterocycles. The van der Waals surface area contributed by atoms with Gasteiger partial charge in [0.1, 0.15) is 37.3 Å². The first-order valence-corrected chi connectivity index (χ1v) is 44.9. The minimum absolute atomic E-state index is 0.00718. The van der Waals surface area contributed by atoms with Gasteiger partial charge in [-0.3, -0.25) is 14.4 Å². The molecular weight excluding hydrogens is 1580 g/mol. The zero-order valence-corrected chi connectivity index (χ0v) is 73.4. The number of ether oxygens (including phenoxy) is 3. The number of rotatable bonds is 20. The second-order valence-corrected chi connectivity index (χ2v) is 34.6. The minimum Gasteiger partial charge on any atom is -0.462 e. The molecule has 6 aromatic carbocycles. The molecule has 18 rings (SSSR count). The van der Waals surface area contributed by atoms with Crippen molar-refractivity contribution >= 4 is 84.6 Å². The average molecular weight is 1700 g/mol. The standard InChI is InChI=1S/C33H39N7O2.C33H37N7O2.C33H39N7O2/c1-4-31(41)40-19-23(2)39(20-25(40)14-16-34)32-28-15-18-38(30-13-7-10-24-9-5-6-12-27(24)30)21-29(28)35-33(36-32)42-22-26-11-8-17-37(26)3;1-3-8-31(41)40-20-19-39(21-25(40)14-16-34)32-28-15-18-38(30-13-6-10-24-9-4-5-12-27(24)30)22-29(28)35-33(36-32)42-23-26-11-7-17-37(26)2;1-3-31(41)40-20-19-39(21-25(40)14-16-34)32-28-15-18-38(30-13-8-10-24-9-4-5-12-27(24)30)22-29(28)35-33(36-32)42-23-26-11-6-7-17-37(26)2/h4-7,9-10,12-13,23,25-26H,1,8,11,14-15,17-22H2,2-3H3;4-6,9-10,12-13,25-26H,7,11,14-15,17-23H2,1-2H3;3-5,8-10,12-13,25-26H,1,6-7,11,14-15,17-23H2,2H3/t23-,25+,26+;25?,26-;25-,26-/m100/s1. The molecule has 0 saturated carbocycles. The number of nitrogens with zero attached hydrogens (tertiary/aromatic N) is 21. The fourth-order valence-corrected chi connectivity index (χ4v) is 19.9. The molecule has 9 aliphatic heterocycles. The molecule has 0 spiro atoms. The second kappa shape index (κ2) is 40.1. The maximum Gasteiger partial charge on any atom is 0.318 e. The molecule has 6 saturated heterocycles. The van der Waals surface area contributed by atoms with Gasteiger partial charge in [-0.2, -0.15) is 45.7 Å². The molecule has 1 unspecified atom stereocenters. The molecule has 0 radical (unpaired) electrons. The lowest BCUT2D eigenvalue weighted by Gasteiger charge is -2.46. The van der Waals surface area contributed by atoms with Crippen LogP contribution < -0.4 is 43.6 Å². The van der Waals surface area contributed by atoms with Gasteiger partial charge in [-0.1, -0.05) is 135 Å². The summed E-state index contributed by atoms with van der Waals surface area (Å²) in [6.45, 7) is 24.8. The number of anilines is 6. The molecule has 27 heteroatoms. The Morgan fingerprint density at radius 1 is 0.413 bits per heavy atom. The third-order valence-electron chi connectivity index (χ3n) is 26.9. The van der Waals surface area contributed by atoms with E-state index in [0.29, 0.717) is 128 Å². The predicted molar refractivity (Wildman–Crippen MR) is 493 cm³/mol. The normalized spacial score (nSPS) is 21.4. The zero-order valence-electron chi connectivity index (χ0n) is 73.4. The Morgan fingerprint density at radius 2 is 0.786 bits per heavy atom. The van der Waals surface area contributed by atoms with Gasteiger partial charge >= 0.3 is 18.0 Å². The van der Waals surface area contributed by atoms with E-state index < -0.39 is 0 Å². The lowest BCUT2D eigenvalue weighted by molar-refractivity contribution is -0.129. The molecule has 27 nitrogen and oxygen atoms in total. The quantitative estimate of drug-likeness (QED) is 0.0507. The second-order valence-electron chi connectivity index (χ2n) is 34.6. The van der Waals surface area contributed by atoms with Crippen molar-refractivity contribution in [2.24, 2.45) is 0 Å². The molecule has 6 fully saturated rings. The highest BCUT2D eigenvalue weighted by molar-refractivity contribution is 5.97. The highest BCUT2D eigenvalue weighted by Gasteiger charge is 2.41. The van der Waals surface area contributed by atoms with Crippen LogP contribution in [-0.2, 0) is 53.3 Å². The Balaban J connectivity index is 0.000000139. The number of carbonyl (C=O) groups is 3. The maximum atomic E-state index is 12.7. The van der Waals surface area contributed by atoms with Crippen LogP contribution in [0.4, 0.5) is 34.5 Å². The van der Waals surface area contributed by atoms with Crippen LogP contribution in [0, 0.1) is 45.8 Å². The van der Waals surface area contributed by atoms with Gasteiger partial charge in [-0.15, -0.1) is 0 Å². The average Bonchev–Trinajstić information content (AvgIpc) is 0.804. The van der Waals surface area contributed by atoms with E-state index in [1.54, 1.807) is 21.6 Å². The highest BCUT2D eigenvalue weighted by atomic mass is 16.5. The van der Waals surface area contributed by atoms with Crippen LogP contribution >= 0.6 is 0 Å². The summed E-state index contributed by atoms with van der Waals surface area (Å²) < 4.78 is 18.9. The molecule has 0 bridgehead atoms. The van der Waals surface area contributed by atoms with E-state index in [-0.39, 0.29) is 61.2 Å². The van der Waals surface area contributed by atoms with Crippen molar-refractivity contribution in [3.8, 4) is 48.1 Å². The van der Waals surface area contributed by atoms with Crippen molar-refractivity contribution in [3.05, 3.63) is 186 Å². The molecule has 652 valence electrons. The summed E-state index contributed by atoms with van der Waals surface area (Å²) in [5, 5.41) is 36.0. The Kier molecular flexibility index (Phi) is 27.6. The zero-order chi connectivity index (χ0) is 87.3. The number of likely N-dealkylation sites (tertiary alicyclic amines) is 3. The van der Waals surface area contributed by atoms with E-state index in [4.69, 9.17) is 44.1 Å². The highest BCUT2D eigenvalue weighted by Crippen LogP contribution is 2.41. The molecule has 126 heavy (non-hydrogen) atoms. The number of carbonyl (C=O) groups excluding carboxylic acids is 3. The van der Waals surface area contributed by atoms with E-state index in [1.807, 2.05) is 0 Å². The molecule has 0 aliphatic carbocycles. The SMILES string of the molecule is C=CC(=O)N1CCN(c2nc(OC[C@@H]3CCCCN3C)nc3c2CCN(c2cccc4ccccc24)C3)C[C@@H]1CC#N.C=CC(=O)N1C[C@@H](C)N(c2nc(OC[C@@H]3CCCN3C)nc3c2CCN(c2cccc4ccccc24)C3)C[C@@H]1CC#N.CC#CC(=O)N1CCN(c2nc(OC[C@@H]3CCCN3C)nc3c2CCN(c2cccc4ccccc24)C3)CC1CC#N.